The van der Waals surface area contributed by atoms with Crippen LogP contribution in [0.2, 0.25) is 0 Å². The Bertz CT molecular complexity index is 506. The van der Waals surface area contributed by atoms with Crippen LogP contribution in [-0.4, -0.2) is 17.1 Å². The fourth-order valence-corrected chi connectivity index (χ4v) is 1.51. The van der Waals surface area contributed by atoms with Crippen LogP contribution in [0.3, 0.4) is 0 Å². The Morgan fingerprint density at radius 3 is 2.59 bits per heavy atom. The molecule has 0 aliphatic rings. The molecule has 0 saturated heterocycles. The molecule has 90 valence electrons. The van der Waals surface area contributed by atoms with E-state index in [4.69, 9.17) is 4.74 Å². The molecule has 0 amide bonds. The maximum Gasteiger partial charge on any atom is 0.419 e. The van der Waals surface area contributed by atoms with Gasteiger partial charge >= 0.3 is 6.18 Å². The second-order valence-corrected chi connectivity index (χ2v) is 3.38. The summed E-state index contributed by atoms with van der Waals surface area (Å²) < 4.78 is 43.0. The summed E-state index contributed by atoms with van der Waals surface area (Å²) in [5, 5.41) is 0. The lowest BCUT2D eigenvalue weighted by molar-refractivity contribution is -0.138. The molecule has 0 radical (unpaired) electrons. The van der Waals surface area contributed by atoms with Gasteiger partial charge in [-0.05, 0) is 18.2 Å². The van der Waals surface area contributed by atoms with Gasteiger partial charge in [-0.2, -0.15) is 13.2 Å². The Labute approximate surface area is 95.3 Å². The molecule has 0 saturated carbocycles. The molecule has 1 aromatic carbocycles. The number of aromatic nitrogens is 2. The van der Waals surface area contributed by atoms with Crippen LogP contribution in [0.1, 0.15) is 5.56 Å². The van der Waals surface area contributed by atoms with Crippen molar-refractivity contribution in [2.45, 2.75) is 6.18 Å². The molecular weight excluding hydrogens is 233 g/mol. The van der Waals surface area contributed by atoms with Crippen molar-refractivity contribution < 1.29 is 17.9 Å². The molecular formula is C11H9F3N2O. The van der Waals surface area contributed by atoms with Crippen molar-refractivity contribution in [3.05, 3.63) is 36.3 Å². The fourth-order valence-electron chi connectivity index (χ4n) is 1.51. The number of H-pyrrole nitrogens is 1. The van der Waals surface area contributed by atoms with Crippen molar-refractivity contribution in [2.24, 2.45) is 0 Å². The van der Waals surface area contributed by atoms with Gasteiger partial charge in [-0.15, -0.1) is 0 Å². The highest BCUT2D eigenvalue weighted by Crippen LogP contribution is 2.38. The number of aromatic amines is 1. The van der Waals surface area contributed by atoms with Crippen molar-refractivity contribution in [1.29, 1.82) is 0 Å². The van der Waals surface area contributed by atoms with E-state index >= 15 is 0 Å². The first-order chi connectivity index (χ1) is 8.02. The molecule has 0 aliphatic heterocycles. The number of alkyl halides is 3. The number of imidazole rings is 1. The standard InChI is InChI=1S/C11H9F3N2O/c1-17-10-3-2-7(9-5-15-6-16-9)4-8(10)11(12,13)14/h2-6H,1H3,(H,15,16). The maximum absolute atomic E-state index is 12.8. The highest BCUT2D eigenvalue weighted by Gasteiger charge is 2.34. The molecule has 2 aromatic rings. The van der Waals surface area contributed by atoms with E-state index in [9.17, 15) is 13.2 Å². The number of hydrogen-bond acceptors (Lipinski definition) is 2. The lowest BCUT2D eigenvalue weighted by Crippen LogP contribution is -2.07. The van der Waals surface area contributed by atoms with Crippen LogP contribution in [0.15, 0.2) is 30.7 Å². The van der Waals surface area contributed by atoms with E-state index in [0.717, 1.165) is 6.07 Å². The topological polar surface area (TPSA) is 37.9 Å². The molecule has 0 atom stereocenters. The van der Waals surface area contributed by atoms with E-state index in [1.54, 1.807) is 6.07 Å². The Balaban J connectivity index is 2.53. The van der Waals surface area contributed by atoms with Gasteiger partial charge in [-0.3, -0.25) is 0 Å². The Kier molecular flexibility index (Phi) is 2.79. The van der Waals surface area contributed by atoms with Crippen LogP contribution in [0.25, 0.3) is 11.3 Å². The quantitative estimate of drug-likeness (QED) is 0.878. The van der Waals surface area contributed by atoms with Crippen LogP contribution in [-0.2, 0) is 6.18 Å². The summed E-state index contributed by atoms with van der Waals surface area (Å²) in [4.78, 5) is 6.52. The highest BCUT2D eigenvalue weighted by molar-refractivity contribution is 5.61. The Morgan fingerprint density at radius 2 is 2.06 bits per heavy atom. The highest BCUT2D eigenvalue weighted by atomic mass is 19.4. The second kappa shape index (κ2) is 4.12. The third-order valence-corrected chi connectivity index (χ3v) is 2.31. The first-order valence-electron chi connectivity index (χ1n) is 4.76. The summed E-state index contributed by atoms with van der Waals surface area (Å²) in [6.45, 7) is 0. The molecule has 17 heavy (non-hydrogen) atoms. The van der Waals surface area contributed by atoms with Crippen molar-refractivity contribution in [3.63, 3.8) is 0 Å². The van der Waals surface area contributed by atoms with E-state index < -0.39 is 11.7 Å². The van der Waals surface area contributed by atoms with Crippen LogP contribution in [0.5, 0.6) is 5.75 Å². The third-order valence-electron chi connectivity index (χ3n) is 2.31. The van der Waals surface area contributed by atoms with Gasteiger partial charge in [0.1, 0.15) is 5.75 Å². The number of methoxy groups -OCH3 is 1. The number of benzene rings is 1. The van der Waals surface area contributed by atoms with Crippen LogP contribution in [0.4, 0.5) is 13.2 Å². The normalized spacial score (nSPS) is 11.5. The van der Waals surface area contributed by atoms with Gasteiger partial charge in [0, 0.05) is 5.56 Å². The average Bonchev–Trinajstić information content (AvgIpc) is 2.80. The maximum atomic E-state index is 12.8. The summed E-state index contributed by atoms with van der Waals surface area (Å²) in [5.74, 6) is -0.194. The number of nitrogens with one attached hydrogen (secondary N) is 1. The molecule has 3 nitrogen and oxygen atoms in total. The Hall–Kier alpha value is -1.98. The largest absolute Gasteiger partial charge is 0.496 e. The fraction of sp³-hybridized carbons (Fsp3) is 0.182. The molecule has 0 unspecified atom stereocenters. The molecule has 1 heterocycles. The molecule has 0 spiro atoms. The van der Waals surface area contributed by atoms with Crippen molar-refractivity contribution in [1.82, 2.24) is 9.97 Å². The monoisotopic (exact) mass is 242 g/mol. The second-order valence-electron chi connectivity index (χ2n) is 3.38. The first kappa shape index (κ1) is 11.5. The van der Waals surface area contributed by atoms with E-state index in [2.05, 4.69) is 9.97 Å². The lowest BCUT2D eigenvalue weighted by atomic mass is 10.1. The van der Waals surface area contributed by atoms with Crippen LogP contribution >= 0.6 is 0 Å². The van der Waals surface area contributed by atoms with Crippen molar-refractivity contribution >= 4 is 0 Å². The van der Waals surface area contributed by atoms with E-state index in [0.29, 0.717) is 11.3 Å². The molecule has 0 fully saturated rings. The predicted molar refractivity (Wildman–Crippen MR) is 55.6 cm³/mol. The summed E-state index contributed by atoms with van der Waals surface area (Å²) in [7, 11) is 1.21. The lowest BCUT2D eigenvalue weighted by Gasteiger charge is -2.12. The van der Waals surface area contributed by atoms with Gasteiger partial charge in [0.05, 0.1) is 30.9 Å². The van der Waals surface area contributed by atoms with Crippen LogP contribution in [0, 0.1) is 0 Å². The number of ether oxygens (including phenoxy) is 1. The van der Waals surface area contributed by atoms with Gasteiger partial charge in [0.25, 0.3) is 0 Å². The van der Waals surface area contributed by atoms with E-state index in [-0.39, 0.29) is 5.75 Å². The molecule has 1 N–H and O–H groups in total. The number of halogens is 3. The van der Waals surface area contributed by atoms with Gasteiger partial charge in [-0.25, -0.2) is 4.98 Å². The predicted octanol–water partition coefficient (Wildman–Crippen LogP) is 3.10. The summed E-state index contributed by atoms with van der Waals surface area (Å²) >= 11 is 0. The summed E-state index contributed by atoms with van der Waals surface area (Å²) in [6, 6.07) is 3.87. The van der Waals surface area contributed by atoms with Crippen LogP contribution < -0.4 is 4.74 Å². The van der Waals surface area contributed by atoms with E-state index in [1.165, 1.54) is 25.7 Å². The average molecular weight is 242 g/mol. The van der Waals surface area contributed by atoms with Gasteiger partial charge in [-0.1, -0.05) is 0 Å². The third kappa shape index (κ3) is 2.25. The van der Waals surface area contributed by atoms with Gasteiger partial charge in [0.2, 0.25) is 0 Å². The molecule has 1 aromatic heterocycles. The minimum Gasteiger partial charge on any atom is -0.496 e. The van der Waals surface area contributed by atoms with Crippen molar-refractivity contribution in [3.8, 4) is 17.0 Å². The minimum absolute atomic E-state index is 0.194. The SMILES string of the molecule is COc1ccc(-c2cnc[nH]2)cc1C(F)(F)F. The zero-order chi connectivity index (χ0) is 12.5. The number of nitrogens with zero attached hydrogens (tertiary/aromatic N) is 1. The smallest absolute Gasteiger partial charge is 0.419 e. The first-order valence-corrected chi connectivity index (χ1v) is 4.76. The van der Waals surface area contributed by atoms with Gasteiger partial charge in [0.15, 0.2) is 0 Å². The van der Waals surface area contributed by atoms with E-state index in [1.807, 2.05) is 0 Å². The zero-order valence-electron chi connectivity index (χ0n) is 8.88. The Morgan fingerprint density at radius 1 is 1.29 bits per heavy atom. The summed E-state index contributed by atoms with van der Waals surface area (Å²) in [5.41, 5.74) is 0.140. The number of rotatable bonds is 2. The zero-order valence-corrected chi connectivity index (χ0v) is 8.88. The molecule has 2 rings (SSSR count). The number of hydrogen-bond donors (Lipinski definition) is 1. The molecule has 6 heteroatoms. The molecule has 0 bridgehead atoms. The summed E-state index contributed by atoms with van der Waals surface area (Å²) in [6.07, 6.45) is -1.57. The van der Waals surface area contributed by atoms with Crippen molar-refractivity contribution in [2.75, 3.05) is 7.11 Å². The van der Waals surface area contributed by atoms with Gasteiger partial charge < -0.3 is 9.72 Å². The molecule has 0 aliphatic carbocycles. The minimum atomic E-state index is -4.44.